The zero-order chi connectivity index (χ0) is 30.6. The Kier molecular flexibility index (Phi) is 6.64. The molecule has 1 fully saturated rings. The number of nitrogens with zero attached hydrogens (tertiary/aromatic N) is 2. The lowest BCUT2D eigenvalue weighted by atomic mass is 9.65. The highest BCUT2D eigenvalue weighted by atomic mass is 16.5. The number of ketones is 2. The zero-order valence-electron chi connectivity index (χ0n) is 24.2. The van der Waals surface area contributed by atoms with Crippen molar-refractivity contribution in [2.45, 2.75) is 25.3 Å². The third-order valence-electron chi connectivity index (χ3n) is 8.64. The molecule has 10 heteroatoms. The monoisotopic (exact) mass is 578 g/mol. The standard InChI is InChI=1S/C33H30N4O6/c1-18-10-12-22(43-4)21-16-33(31(41)36(2)32(42)37(33)3)27-26(24(18)21)30(40)28-25(29(27)39)20(17-35-28)14-15-34-23(38)13-11-19-8-6-5-7-9-19/h5-13,17,35H,14-16H2,1-4H3,(H,34,38)/b13-11+. The molecule has 2 aliphatic carbocycles. The number of aryl methyl sites for hydroxylation is 1. The number of nitrogens with one attached hydrogen (secondary N) is 2. The number of hydrogen-bond acceptors (Lipinski definition) is 6. The van der Waals surface area contributed by atoms with Crippen molar-refractivity contribution in [3.63, 3.8) is 0 Å². The third kappa shape index (κ3) is 4.04. The SMILES string of the molecule is COc1ccc(C)c2c1CC1(C(=O)N(C)C(=O)N1C)C1=C2C(=O)c2[nH]cc(CCNC(=O)/C=C/c3ccccc3)c2C1=O. The molecule has 2 heterocycles. The predicted molar refractivity (Wildman–Crippen MR) is 159 cm³/mol. The Morgan fingerprint density at radius 3 is 2.47 bits per heavy atom. The average molecular weight is 579 g/mol. The average Bonchev–Trinajstić information content (AvgIpc) is 3.50. The molecule has 1 aliphatic heterocycles. The fourth-order valence-corrected chi connectivity index (χ4v) is 6.50. The Balaban J connectivity index is 1.39. The number of hydrogen-bond donors (Lipinski definition) is 2. The van der Waals surface area contributed by atoms with Crippen molar-refractivity contribution < 1.29 is 28.7 Å². The highest BCUT2D eigenvalue weighted by Crippen LogP contribution is 2.51. The van der Waals surface area contributed by atoms with E-state index in [1.165, 1.54) is 32.2 Å². The molecule has 0 saturated carbocycles. The summed E-state index contributed by atoms with van der Waals surface area (Å²) in [6.45, 7) is 2.04. The molecule has 1 aromatic heterocycles. The normalized spacial score (nSPS) is 19.3. The molecule has 0 bridgehead atoms. The summed E-state index contributed by atoms with van der Waals surface area (Å²) < 4.78 is 5.62. The van der Waals surface area contributed by atoms with E-state index in [-0.39, 0.29) is 47.7 Å². The number of amides is 4. The first-order chi connectivity index (χ1) is 20.6. The lowest BCUT2D eigenvalue weighted by Gasteiger charge is -2.42. The van der Waals surface area contributed by atoms with Gasteiger partial charge in [-0.1, -0.05) is 36.4 Å². The first kappa shape index (κ1) is 27.9. The smallest absolute Gasteiger partial charge is 0.327 e. The second kappa shape index (κ2) is 10.2. The number of rotatable bonds is 6. The van der Waals surface area contributed by atoms with Gasteiger partial charge in [-0.2, -0.15) is 0 Å². The van der Waals surface area contributed by atoms with Crippen LogP contribution in [0.25, 0.3) is 11.6 Å². The summed E-state index contributed by atoms with van der Waals surface area (Å²) >= 11 is 0. The van der Waals surface area contributed by atoms with Crippen LogP contribution in [0.5, 0.6) is 5.75 Å². The van der Waals surface area contributed by atoms with Crippen molar-refractivity contribution in [1.29, 1.82) is 0 Å². The van der Waals surface area contributed by atoms with Gasteiger partial charge < -0.3 is 19.9 Å². The van der Waals surface area contributed by atoms with E-state index < -0.39 is 29.0 Å². The summed E-state index contributed by atoms with van der Waals surface area (Å²) in [5.74, 6) is -1.35. The van der Waals surface area contributed by atoms with E-state index in [9.17, 15) is 24.0 Å². The summed E-state index contributed by atoms with van der Waals surface area (Å²) in [4.78, 5) is 73.5. The van der Waals surface area contributed by atoms with Crippen LogP contribution in [0, 0.1) is 6.92 Å². The first-order valence-electron chi connectivity index (χ1n) is 13.9. The summed E-state index contributed by atoms with van der Waals surface area (Å²) in [5, 5.41) is 2.81. The minimum Gasteiger partial charge on any atom is -0.496 e. The molecule has 3 aliphatic rings. The van der Waals surface area contributed by atoms with Crippen molar-refractivity contribution in [3.05, 3.63) is 99.4 Å². The fourth-order valence-electron chi connectivity index (χ4n) is 6.50. The largest absolute Gasteiger partial charge is 0.496 e. The number of carbonyl (C=O) groups excluding carboxylic acids is 5. The third-order valence-corrected chi connectivity index (χ3v) is 8.64. The van der Waals surface area contributed by atoms with Crippen LogP contribution in [-0.2, 0) is 22.4 Å². The molecule has 1 atom stereocenters. The maximum absolute atomic E-state index is 14.5. The van der Waals surface area contributed by atoms with Gasteiger partial charge in [-0.05, 0) is 47.7 Å². The highest BCUT2D eigenvalue weighted by Gasteiger charge is 2.63. The lowest BCUT2D eigenvalue weighted by Crippen LogP contribution is -2.56. The van der Waals surface area contributed by atoms with E-state index in [2.05, 4.69) is 10.3 Å². The zero-order valence-corrected chi connectivity index (χ0v) is 24.2. The van der Waals surface area contributed by atoms with Crippen LogP contribution in [0.15, 0.2) is 60.3 Å². The van der Waals surface area contributed by atoms with Gasteiger partial charge in [0.15, 0.2) is 11.3 Å². The van der Waals surface area contributed by atoms with E-state index in [1.54, 1.807) is 24.4 Å². The van der Waals surface area contributed by atoms with Gasteiger partial charge in [-0.25, -0.2) is 4.79 Å². The van der Waals surface area contributed by atoms with Crippen LogP contribution in [0.3, 0.4) is 0 Å². The number of methoxy groups -OCH3 is 1. The predicted octanol–water partition coefficient (Wildman–Crippen LogP) is 3.36. The molecule has 1 spiro atoms. The van der Waals surface area contributed by atoms with E-state index in [1.807, 2.05) is 37.3 Å². The number of ether oxygens (including phenoxy) is 1. The summed E-state index contributed by atoms with van der Waals surface area (Å²) in [5.41, 5.74) is 1.95. The Labute approximate surface area is 248 Å². The van der Waals surface area contributed by atoms with E-state index >= 15 is 0 Å². The lowest BCUT2D eigenvalue weighted by molar-refractivity contribution is -0.130. The molecule has 218 valence electrons. The number of aromatic nitrogens is 1. The Hall–Kier alpha value is -5.25. The molecule has 4 amide bonds. The van der Waals surface area contributed by atoms with Crippen LogP contribution in [0.4, 0.5) is 4.79 Å². The summed E-state index contributed by atoms with van der Waals surface area (Å²) in [6, 6.07) is 12.4. The van der Waals surface area contributed by atoms with Crippen molar-refractivity contribution in [2.24, 2.45) is 0 Å². The number of allylic oxidation sites excluding steroid dienone is 1. The van der Waals surface area contributed by atoms with Gasteiger partial charge in [0, 0.05) is 56.0 Å². The van der Waals surface area contributed by atoms with Crippen molar-refractivity contribution in [2.75, 3.05) is 27.7 Å². The topological polar surface area (TPSA) is 129 Å². The van der Waals surface area contributed by atoms with Crippen LogP contribution < -0.4 is 10.1 Å². The van der Waals surface area contributed by atoms with Gasteiger partial charge >= 0.3 is 6.03 Å². The summed E-state index contributed by atoms with van der Waals surface area (Å²) in [6.07, 6.45) is 4.97. The molecule has 2 aromatic carbocycles. The van der Waals surface area contributed by atoms with Gasteiger partial charge in [0.1, 0.15) is 5.75 Å². The Morgan fingerprint density at radius 2 is 1.79 bits per heavy atom. The van der Waals surface area contributed by atoms with E-state index in [0.717, 1.165) is 16.0 Å². The molecule has 1 saturated heterocycles. The van der Waals surface area contributed by atoms with Crippen molar-refractivity contribution in [1.82, 2.24) is 20.1 Å². The molecule has 6 rings (SSSR count). The number of urea groups is 1. The van der Waals surface area contributed by atoms with Gasteiger partial charge in [-0.3, -0.25) is 24.1 Å². The van der Waals surface area contributed by atoms with Crippen molar-refractivity contribution in [3.8, 4) is 5.75 Å². The maximum Gasteiger partial charge on any atom is 0.327 e. The Morgan fingerprint density at radius 1 is 1.05 bits per heavy atom. The number of H-pyrrole nitrogens is 1. The minimum absolute atomic E-state index is 0.00488. The number of aromatic amines is 1. The van der Waals surface area contributed by atoms with Gasteiger partial charge in [-0.15, -0.1) is 0 Å². The molecule has 10 nitrogen and oxygen atoms in total. The van der Waals surface area contributed by atoms with Crippen LogP contribution in [0.1, 0.15) is 48.7 Å². The molecule has 43 heavy (non-hydrogen) atoms. The maximum atomic E-state index is 14.5. The number of benzene rings is 2. The minimum atomic E-state index is -1.72. The highest BCUT2D eigenvalue weighted by molar-refractivity contribution is 6.43. The second-order valence-corrected chi connectivity index (χ2v) is 10.9. The van der Waals surface area contributed by atoms with E-state index in [0.29, 0.717) is 22.4 Å². The Bertz CT molecular complexity index is 1800. The molecular weight excluding hydrogens is 548 g/mol. The van der Waals surface area contributed by atoms with Gasteiger partial charge in [0.05, 0.1) is 18.4 Å². The second-order valence-electron chi connectivity index (χ2n) is 10.9. The van der Waals surface area contributed by atoms with E-state index in [4.69, 9.17) is 4.74 Å². The van der Waals surface area contributed by atoms with Crippen LogP contribution >= 0.6 is 0 Å². The number of likely N-dealkylation sites (N-methyl/N-ethyl adjacent to an activating group) is 2. The number of Topliss-reactive ketones (excluding diaryl/α,β-unsaturated/α-hetero) is 2. The fraction of sp³-hybridized carbons (Fsp3) is 0.242. The number of carbonyl (C=O) groups is 5. The molecule has 3 aromatic rings. The number of fused-ring (bicyclic) bond motifs is 4. The van der Waals surface area contributed by atoms with Crippen LogP contribution in [0.2, 0.25) is 0 Å². The molecule has 1 unspecified atom stereocenters. The van der Waals surface area contributed by atoms with Gasteiger partial charge in [0.2, 0.25) is 11.7 Å². The van der Waals surface area contributed by atoms with Crippen LogP contribution in [-0.4, -0.2) is 77.5 Å². The molecule has 2 N–H and O–H groups in total. The number of imide groups is 1. The molecular formula is C33H30N4O6. The quantitative estimate of drug-likeness (QED) is 0.341. The van der Waals surface area contributed by atoms with Gasteiger partial charge in [0.25, 0.3) is 5.91 Å². The molecule has 0 radical (unpaired) electrons. The van der Waals surface area contributed by atoms with Crippen molar-refractivity contribution >= 4 is 41.1 Å². The summed E-state index contributed by atoms with van der Waals surface area (Å²) in [7, 11) is 4.35. The first-order valence-corrected chi connectivity index (χ1v) is 13.9.